The highest BCUT2D eigenvalue weighted by atomic mass is 16.5. The molecule has 5 rings (SSSR count). The number of rotatable bonds is 4. The highest BCUT2D eigenvalue weighted by Crippen LogP contribution is 2.43. The fourth-order valence-corrected chi connectivity index (χ4v) is 5.88. The van der Waals surface area contributed by atoms with Crippen LogP contribution in [0.3, 0.4) is 0 Å². The van der Waals surface area contributed by atoms with Gasteiger partial charge >= 0.3 is 0 Å². The van der Waals surface area contributed by atoms with Gasteiger partial charge in [-0.15, -0.1) is 0 Å². The summed E-state index contributed by atoms with van der Waals surface area (Å²) in [5.41, 5.74) is 1.90. The Labute approximate surface area is 173 Å². The molecule has 5 nitrogen and oxygen atoms in total. The quantitative estimate of drug-likeness (QED) is 0.784. The van der Waals surface area contributed by atoms with Crippen molar-refractivity contribution < 1.29 is 13.9 Å². The van der Waals surface area contributed by atoms with Gasteiger partial charge in [0.1, 0.15) is 5.58 Å². The monoisotopic (exact) mass is 396 g/mol. The van der Waals surface area contributed by atoms with E-state index in [1.165, 1.54) is 25.7 Å². The maximum atomic E-state index is 13.3. The number of carbonyl (C=O) groups excluding carboxylic acids is 1. The van der Waals surface area contributed by atoms with Crippen LogP contribution in [0.4, 0.5) is 0 Å². The zero-order valence-corrected chi connectivity index (χ0v) is 17.4. The minimum absolute atomic E-state index is 0.0639. The molecule has 29 heavy (non-hydrogen) atoms. The third-order valence-corrected chi connectivity index (χ3v) is 7.51. The third-order valence-electron chi connectivity index (χ3n) is 7.51. The third kappa shape index (κ3) is 3.59. The summed E-state index contributed by atoms with van der Waals surface area (Å²) in [4.78, 5) is 17.9. The van der Waals surface area contributed by atoms with Crippen molar-refractivity contribution in [1.82, 2.24) is 9.80 Å². The minimum atomic E-state index is 0.0639. The topological polar surface area (TPSA) is 45.9 Å². The van der Waals surface area contributed by atoms with E-state index in [-0.39, 0.29) is 17.6 Å². The lowest BCUT2D eigenvalue weighted by molar-refractivity contribution is -0.136. The summed E-state index contributed by atoms with van der Waals surface area (Å²) in [5.74, 6) is 0.189. The summed E-state index contributed by atoms with van der Waals surface area (Å²) in [6.07, 6.45) is 10.2. The molecule has 0 N–H and O–H groups in total. The second-order valence-corrected chi connectivity index (χ2v) is 9.19. The van der Waals surface area contributed by atoms with Crippen LogP contribution in [-0.2, 0) is 16.0 Å². The number of hydrogen-bond donors (Lipinski definition) is 0. The number of likely N-dealkylation sites (tertiary alicyclic amines) is 1. The maximum absolute atomic E-state index is 13.3. The summed E-state index contributed by atoms with van der Waals surface area (Å²) in [6.45, 7) is 3.22. The van der Waals surface area contributed by atoms with E-state index in [4.69, 9.17) is 9.15 Å². The first-order valence-electron chi connectivity index (χ1n) is 11.2. The molecular formula is C24H32N2O3. The van der Waals surface area contributed by atoms with Crippen molar-refractivity contribution in [1.29, 1.82) is 0 Å². The molecule has 1 aromatic carbocycles. The molecule has 0 radical (unpaired) electrons. The molecule has 0 bridgehead atoms. The number of ether oxygens (including phenoxy) is 1. The van der Waals surface area contributed by atoms with Crippen LogP contribution in [0.25, 0.3) is 11.0 Å². The smallest absolute Gasteiger partial charge is 0.227 e. The van der Waals surface area contributed by atoms with Gasteiger partial charge in [-0.05, 0) is 64.1 Å². The van der Waals surface area contributed by atoms with Gasteiger partial charge in [0.2, 0.25) is 5.91 Å². The van der Waals surface area contributed by atoms with E-state index in [2.05, 4.69) is 4.90 Å². The van der Waals surface area contributed by atoms with Crippen molar-refractivity contribution in [2.75, 3.05) is 26.7 Å². The van der Waals surface area contributed by atoms with Gasteiger partial charge in [0, 0.05) is 36.7 Å². The predicted octanol–water partition coefficient (Wildman–Crippen LogP) is 4.00. The van der Waals surface area contributed by atoms with E-state index < -0.39 is 0 Å². The number of amides is 1. The Morgan fingerprint density at radius 1 is 1.21 bits per heavy atom. The Bertz CT molecular complexity index is 864. The summed E-state index contributed by atoms with van der Waals surface area (Å²) in [7, 11) is 2.01. The van der Waals surface area contributed by atoms with Gasteiger partial charge in [0.05, 0.1) is 18.3 Å². The fraction of sp³-hybridized carbons (Fsp3) is 0.625. The Morgan fingerprint density at radius 2 is 2.03 bits per heavy atom. The molecule has 3 heterocycles. The maximum Gasteiger partial charge on any atom is 0.227 e. The molecule has 2 saturated heterocycles. The van der Waals surface area contributed by atoms with E-state index in [0.29, 0.717) is 12.5 Å². The van der Waals surface area contributed by atoms with Gasteiger partial charge in [0.15, 0.2) is 0 Å². The second kappa shape index (κ2) is 7.77. The number of benzene rings is 1. The van der Waals surface area contributed by atoms with Crippen LogP contribution in [0.2, 0.25) is 0 Å². The van der Waals surface area contributed by atoms with E-state index in [9.17, 15) is 4.79 Å². The van der Waals surface area contributed by atoms with Gasteiger partial charge in [-0.1, -0.05) is 18.2 Å². The number of furan rings is 1. The van der Waals surface area contributed by atoms with Gasteiger partial charge in [-0.3, -0.25) is 9.69 Å². The Morgan fingerprint density at radius 3 is 2.83 bits per heavy atom. The van der Waals surface area contributed by atoms with Crippen LogP contribution < -0.4 is 0 Å². The largest absolute Gasteiger partial charge is 0.464 e. The number of fused-ring (bicyclic) bond motifs is 1. The molecule has 1 aromatic heterocycles. The Kier molecular flexibility index (Phi) is 5.12. The van der Waals surface area contributed by atoms with Crippen molar-refractivity contribution in [3.63, 3.8) is 0 Å². The van der Waals surface area contributed by atoms with Crippen LogP contribution in [0.5, 0.6) is 0 Å². The summed E-state index contributed by atoms with van der Waals surface area (Å²) < 4.78 is 11.9. The SMILES string of the molecule is CN(C(=O)Cc1coc2ccccc12)[C@@H]1CC[C@@]2(CCCO2)C[C@@H]1N1CCCC1. The Hall–Kier alpha value is -1.85. The molecule has 1 spiro atoms. The van der Waals surface area contributed by atoms with E-state index in [0.717, 1.165) is 55.5 Å². The van der Waals surface area contributed by atoms with Crippen molar-refractivity contribution in [2.45, 2.75) is 69.1 Å². The van der Waals surface area contributed by atoms with E-state index in [1.54, 1.807) is 6.26 Å². The minimum Gasteiger partial charge on any atom is -0.464 e. The van der Waals surface area contributed by atoms with Crippen molar-refractivity contribution in [3.8, 4) is 0 Å². The first-order chi connectivity index (χ1) is 14.2. The molecule has 2 aliphatic heterocycles. The zero-order chi connectivity index (χ0) is 19.8. The molecule has 1 amide bonds. The lowest BCUT2D eigenvalue weighted by Gasteiger charge is -2.48. The van der Waals surface area contributed by atoms with Crippen molar-refractivity contribution in [3.05, 3.63) is 36.1 Å². The molecule has 3 atom stereocenters. The predicted molar refractivity (Wildman–Crippen MR) is 113 cm³/mol. The summed E-state index contributed by atoms with van der Waals surface area (Å²) in [5, 5.41) is 1.05. The van der Waals surface area contributed by atoms with E-state index in [1.807, 2.05) is 36.2 Å². The highest BCUT2D eigenvalue weighted by Gasteiger charge is 2.47. The van der Waals surface area contributed by atoms with Crippen LogP contribution >= 0.6 is 0 Å². The zero-order valence-electron chi connectivity index (χ0n) is 17.4. The van der Waals surface area contributed by atoms with Crippen LogP contribution in [0.1, 0.15) is 50.5 Å². The second-order valence-electron chi connectivity index (χ2n) is 9.19. The molecule has 1 saturated carbocycles. The lowest BCUT2D eigenvalue weighted by Crippen LogP contribution is -2.58. The molecule has 2 aromatic rings. The molecule has 156 valence electrons. The Balaban J connectivity index is 1.34. The van der Waals surface area contributed by atoms with Gasteiger partial charge in [0.25, 0.3) is 0 Å². The summed E-state index contributed by atoms with van der Waals surface area (Å²) >= 11 is 0. The molecule has 3 aliphatic rings. The first kappa shape index (κ1) is 19.1. The summed E-state index contributed by atoms with van der Waals surface area (Å²) in [6, 6.07) is 8.65. The standard InChI is InChI=1S/C24H32N2O3/c1-25(23(27)15-18-17-28-22-8-3-2-7-19(18)22)20-9-11-24(10-6-14-29-24)16-21(20)26-12-4-5-13-26/h2-3,7-8,17,20-21H,4-6,9-16H2,1H3/t20-,21+,24+/m1/s1. The van der Waals surface area contributed by atoms with Gasteiger partial charge in [-0.25, -0.2) is 0 Å². The molecule has 1 aliphatic carbocycles. The number of carbonyl (C=O) groups is 1. The molecule has 3 fully saturated rings. The van der Waals surface area contributed by atoms with Gasteiger partial charge < -0.3 is 14.1 Å². The van der Waals surface area contributed by atoms with Crippen LogP contribution in [-0.4, -0.2) is 60.1 Å². The fourth-order valence-electron chi connectivity index (χ4n) is 5.88. The number of hydrogen-bond acceptors (Lipinski definition) is 4. The highest BCUT2D eigenvalue weighted by molar-refractivity contribution is 5.87. The molecule has 5 heteroatoms. The van der Waals surface area contributed by atoms with Crippen molar-refractivity contribution in [2.24, 2.45) is 0 Å². The average Bonchev–Trinajstić information content (AvgIpc) is 3.50. The number of likely N-dealkylation sites (N-methyl/N-ethyl adjacent to an activating group) is 1. The van der Waals surface area contributed by atoms with Crippen molar-refractivity contribution >= 4 is 16.9 Å². The number of para-hydroxylation sites is 1. The van der Waals surface area contributed by atoms with Crippen LogP contribution in [0.15, 0.2) is 34.9 Å². The average molecular weight is 397 g/mol. The first-order valence-corrected chi connectivity index (χ1v) is 11.2. The van der Waals surface area contributed by atoms with Crippen LogP contribution in [0, 0.1) is 0 Å². The lowest BCUT2D eigenvalue weighted by atomic mass is 9.76. The number of nitrogens with zero attached hydrogens (tertiary/aromatic N) is 2. The molecular weight excluding hydrogens is 364 g/mol. The van der Waals surface area contributed by atoms with Gasteiger partial charge in [-0.2, -0.15) is 0 Å². The normalized spacial score (nSPS) is 30.4. The molecule has 0 unspecified atom stereocenters. The van der Waals surface area contributed by atoms with E-state index >= 15 is 0 Å².